The van der Waals surface area contributed by atoms with Gasteiger partial charge in [-0.25, -0.2) is 0 Å². The molecular formula is C32H36N4O2. The lowest BCUT2D eigenvalue weighted by atomic mass is 9.80. The molecule has 2 aliphatic rings. The normalized spacial score (nSPS) is 19.5. The van der Waals surface area contributed by atoms with Crippen LogP contribution in [-0.4, -0.2) is 39.1 Å². The average molecular weight is 509 g/mol. The summed E-state index contributed by atoms with van der Waals surface area (Å²) in [6.07, 6.45) is 7.06. The highest BCUT2D eigenvalue weighted by atomic mass is 16.2. The largest absolute Gasteiger partial charge is 0.343 e. The van der Waals surface area contributed by atoms with Crippen LogP contribution >= 0.6 is 0 Å². The Morgan fingerprint density at radius 1 is 1.05 bits per heavy atom. The van der Waals surface area contributed by atoms with Gasteiger partial charge in [0.15, 0.2) is 0 Å². The maximum Gasteiger partial charge on any atom is 0.250 e. The molecule has 1 amide bonds. The first-order valence-electron chi connectivity index (χ1n) is 13.8. The van der Waals surface area contributed by atoms with E-state index in [0.29, 0.717) is 19.1 Å². The fourth-order valence-electron chi connectivity index (χ4n) is 6.14. The Morgan fingerprint density at radius 3 is 2.63 bits per heavy atom. The van der Waals surface area contributed by atoms with E-state index in [4.69, 9.17) is 0 Å². The van der Waals surface area contributed by atoms with Gasteiger partial charge in [0.25, 0.3) is 5.56 Å². The monoisotopic (exact) mass is 508 g/mol. The van der Waals surface area contributed by atoms with Crippen LogP contribution < -0.4 is 10.9 Å². The van der Waals surface area contributed by atoms with Crippen molar-refractivity contribution in [2.75, 3.05) is 13.1 Å². The zero-order valence-electron chi connectivity index (χ0n) is 22.3. The van der Waals surface area contributed by atoms with Gasteiger partial charge in [0.1, 0.15) is 0 Å². The summed E-state index contributed by atoms with van der Waals surface area (Å²) in [5, 5.41) is 4.71. The van der Waals surface area contributed by atoms with Gasteiger partial charge in [0.05, 0.1) is 5.92 Å². The molecule has 1 aliphatic carbocycles. The number of nitrogens with zero attached hydrogens (tertiary/aromatic N) is 3. The third kappa shape index (κ3) is 4.81. The van der Waals surface area contributed by atoms with E-state index in [9.17, 15) is 9.59 Å². The smallest absolute Gasteiger partial charge is 0.250 e. The first kappa shape index (κ1) is 24.7. The Morgan fingerprint density at radius 2 is 1.87 bits per heavy atom. The van der Waals surface area contributed by atoms with Crippen LogP contribution in [0.4, 0.5) is 0 Å². The van der Waals surface area contributed by atoms with Gasteiger partial charge >= 0.3 is 0 Å². The summed E-state index contributed by atoms with van der Waals surface area (Å²) in [7, 11) is 1.77. The van der Waals surface area contributed by atoms with Gasteiger partial charge in [-0.1, -0.05) is 42.5 Å². The van der Waals surface area contributed by atoms with Crippen LogP contribution in [0.3, 0.4) is 0 Å². The lowest BCUT2D eigenvalue weighted by molar-refractivity contribution is -0.138. The second-order valence-corrected chi connectivity index (χ2v) is 11.0. The molecule has 1 aliphatic heterocycles. The molecule has 2 aromatic carbocycles. The molecule has 1 saturated carbocycles. The van der Waals surface area contributed by atoms with E-state index in [-0.39, 0.29) is 23.3 Å². The molecule has 1 N–H and O–H groups in total. The molecule has 1 unspecified atom stereocenters. The summed E-state index contributed by atoms with van der Waals surface area (Å²) >= 11 is 0. The zero-order chi connectivity index (χ0) is 26.2. The topological polar surface area (TPSA) is 59.3 Å². The Kier molecular flexibility index (Phi) is 6.66. The van der Waals surface area contributed by atoms with E-state index in [0.717, 1.165) is 37.9 Å². The van der Waals surface area contributed by atoms with Gasteiger partial charge in [-0.2, -0.15) is 0 Å². The number of nitrogens with one attached hydrogen (secondary N) is 1. The average Bonchev–Trinajstić information content (AvgIpc) is 3.72. The van der Waals surface area contributed by atoms with Crippen LogP contribution in [0.25, 0.3) is 10.9 Å². The number of rotatable bonds is 7. The summed E-state index contributed by atoms with van der Waals surface area (Å²) in [4.78, 5) is 28.8. The van der Waals surface area contributed by atoms with Gasteiger partial charge in [-0.15, -0.1) is 0 Å². The number of aromatic nitrogens is 2. The van der Waals surface area contributed by atoms with Gasteiger partial charge in [0, 0.05) is 62.1 Å². The van der Waals surface area contributed by atoms with Crippen LogP contribution in [-0.2, 0) is 24.9 Å². The highest BCUT2D eigenvalue weighted by molar-refractivity contribution is 5.88. The third-order valence-electron chi connectivity index (χ3n) is 8.36. The Hall–Kier alpha value is -3.64. The predicted octanol–water partition coefficient (Wildman–Crippen LogP) is 4.58. The number of carbonyl (C=O) groups excluding carboxylic acids is 1. The van der Waals surface area contributed by atoms with Crippen LogP contribution in [0.1, 0.15) is 47.4 Å². The molecule has 6 rings (SSSR count). The third-order valence-corrected chi connectivity index (χ3v) is 8.36. The standard InChI is InChI=1S/C32H36N4O2/c1-22-7-6-10-29-31(22)25(20-35(29)19-23-8-4-3-5-9-23)21-36(26-11-12-26)32(38)28-18-33-15-13-27(28)24-14-16-34(2)30(37)17-24/h3-10,14,16-17,20,26-28,33H,11-13,15,18-19,21H2,1-2H3/t27-,28?/m1/s1. The van der Waals surface area contributed by atoms with Gasteiger partial charge in [-0.05, 0) is 73.0 Å². The Balaban J connectivity index is 1.33. The second kappa shape index (κ2) is 10.3. The molecule has 0 spiro atoms. The van der Waals surface area contributed by atoms with E-state index < -0.39 is 0 Å². The van der Waals surface area contributed by atoms with Crippen molar-refractivity contribution in [3.8, 4) is 0 Å². The maximum atomic E-state index is 14.2. The summed E-state index contributed by atoms with van der Waals surface area (Å²) < 4.78 is 3.92. The Bertz CT molecular complexity index is 1520. The van der Waals surface area contributed by atoms with Crippen molar-refractivity contribution in [1.82, 2.24) is 19.4 Å². The van der Waals surface area contributed by atoms with Crippen LogP contribution in [0.5, 0.6) is 0 Å². The molecule has 0 bridgehead atoms. The van der Waals surface area contributed by atoms with Gasteiger partial charge in [-0.3, -0.25) is 9.59 Å². The van der Waals surface area contributed by atoms with Gasteiger partial charge < -0.3 is 19.4 Å². The highest BCUT2D eigenvalue weighted by Crippen LogP contribution is 2.37. The van der Waals surface area contributed by atoms with Crippen molar-refractivity contribution in [2.24, 2.45) is 13.0 Å². The molecule has 1 saturated heterocycles. The minimum atomic E-state index is -0.171. The summed E-state index contributed by atoms with van der Waals surface area (Å²) in [5.41, 5.74) is 5.89. The van der Waals surface area contributed by atoms with E-state index in [2.05, 4.69) is 70.4 Å². The number of benzene rings is 2. The van der Waals surface area contributed by atoms with Gasteiger partial charge in [0.2, 0.25) is 5.91 Å². The molecule has 4 aromatic rings. The fraction of sp³-hybridized carbons (Fsp3) is 0.375. The molecule has 2 aromatic heterocycles. The highest BCUT2D eigenvalue weighted by Gasteiger charge is 2.40. The minimum Gasteiger partial charge on any atom is -0.343 e. The van der Waals surface area contributed by atoms with E-state index in [1.54, 1.807) is 17.7 Å². The van der Waals surface area contributed by atoms with E-state index in [1.165, 1.54) is 27.6 Å². The number of hydrogen-bond donors (Lipinski definition) is 1. The van der Waals surface area contributed by atoms with Crippen molar-refractivity contribution in [1.29, 1.82) is 0 Å². The molecule has 196 valence electrons. The lowest BCUT2D eigenvalue weighted by Crippen LogP contribution is -2.47. The van der Waals surface area contributed by atoms with E-state index in [1.807, 2.05) is 18.3 Å². The zero-order valence-corrected chi connectivity index (χ0v) is 22.3. The first-order chi connectivity index (χ1) is 18.5. The molecule has 3 heterocycles. The fourth-order valence-corrected chi connectivity index (χ4v) is 6.14. The van der Waals surface area contributed by atoms with Crippen molar-refractivity contribution in [2.45, 2.75) is 51.2 Å². The molecular weight excluding hydrogens is 472 g/mol. The molecule has 0 radical (unpaired) electrons. The number of piperidine rings is 1. The molecule has 6 heteroatoms. The molecule has 38 heavy (non-hydrogen) atoms. The van der Waals surface area contributed by atoms with Crippen LogP contribution in [0.15, 0.2) is 77.9 Å². The molecule has 2 fully saturated rings. The first-order valence-corrected chi connectivity index (χ1v) is 13.8. The number of carbonyl (C=O) groups is 1. The van der Waals surface area contributed by atoms with Crippen molar-refractivity contribution >= 4 is 16.8 Å². The SMILES string of the molecule is Cc1cccc2c1c(CN(C(=O)C1CNCC[C@@H]1c1ccn(C)c(=O)c1)C1CC1)cn2Cc1ccccc1. The van der Waals surface area contributed by atoms with Crippen LogP contribution in [0.2, 0.25) is 0 Å². The summed E-state index contributed by atoms with van der Waals surface area (Å²) in [6, 6.07) is 21.0. The number of amides is 1. The van der Waals surface area contributed by atoms with E-state index >= 15 is 0 Å². The number of pyridine rings is 1. The van der Waals surface area contributed by atoms with Crippen LogP contribution in [0, 0.1) is 12.8 Å². The molecule has 6 nitrogen and oxygen atoms in total. The quantitative estimate of drug-likeness (QED) is 0.398. The number of hydrogen-bond acceptors (Lipinski definition) is 3. The number of fused-ring (bicyclic) bond motifs is 1. The summed E-state index contributed by atoms with van der Waals surface area (Å²) in [6.45, 7) is 5.09. The summed E-state index contributed by atoms with van der Waals surface area (Å²) in [5.74, 6) is 0.0956. The van der Waals surface area contributed by atoms with Crippen molar-refractivity contribution in [3.63, 3.8) is 0 Å². The second-order valence-electron chi connectivity index (χ2n) is 11.0. The number of aryl methyl sites for hydroxylation is 2. The predicted molar refractivity (Wildman–Crippen MR) is 151 cm³/mol. The minimum absolute atomic E-state index is 0.0204. The molecule has 2 atom stereocenters. The van der Waals surface area contributed by atoms with Crippen molar-refractivity contribution in [3.05, 3.63) is 106 Å². The maximum absolute atomic E-state index is 14.2. The Labute approximate surface area is 223 Å². The van der Waals surface area contributed by atoms with Crippen molar-refractivity contribution < 1.29 is 4.79 Å². The lowest BCUT2D eigenvalue weighted by Gasteiger charge is -2.35.